The van der Waals surface area contributed by atoms with Crippen LogP contribution in [-0.4, -0.2) is 42.6 Å². The molecule has 5 nitrogen and oxygen atoms in total. The van der Waals surface area contributed by atoms with Crippen LogP contribution in [0.3, 0.4) is 0 Å². The molecule has 1 aliphatic heterocycles. The Balaban J connectivity index is 1.71. The second-order valence-electron chi connectivity index (χ2n) is 7.43. The lowest BCUT2D eigenvalue weighted by atomic mass is 9.88. The van der Waals surface area contributed by atoms with Crippen LogP contribution in [0.4, 0.5) is 8.78 Å². The minimum atomic E-state index is -0.834. The van der Waals surface area contributed by atoms with Crippen molar-refractivity contribution in [2.24, 2.45) is 5.92 Å². The summed E-state index contributed by atoms with van der Waals surface area (Å²) in [4.78, 5) is 19.0. The summed E-state index contributed by atoms with van der Waals surface area (Å²) in [5.41, 5.74) is 1.57. The van der Waals surface area contributed by atoms with Crippen LogP contribution in [0.5, 0.6) is 0 Å². The molecule has 29 heavy (non-hydrogen) atoms. The fourth-order valence-electron chi connectivity index (χ4n) is 3.84. The lowest BCUT2D eigenvalue weighted by molar-refractivity contribution is -0.123. The number of piperidine rings is 1. The van der Waals surface area contributed by atoms with Gasteiger partial charge in [0.25, 0.3) is 0 Å². The monoisotopic (exact) mass is 403 g/mol. The van der Waals surface area contributed by atoms with Crippen molar-refractivity contribution in [2.75, 3.05) is 26.8 Å². The van der Waals surface area contributed by atoms with Gasteiger partial charge in [-0.05, 0) is 55.1 Å². The summed E-state index contributed by atoms with van der Waals surface area (Å²) in [6.45, 7) is 2.53. The van der Waals surface area contributed by atoms with E-state index in [9.17, 15) is 13.6 Å². The summed E-state index contributed by atoms with van der Waals surface area (Å²) in [7, 11) is 1.57. The highest BCUT2D eigenvalue weighted by atomic mass is 19.2. The zero-order valence-corrected chi connectivity index (χ0v) is 16.6. The van der Waals surface area contributed by atoms with Gasteiger partial charge in [-0.15, -0.1) is 0 Å². The zero-order valence-electron chi connectivity index (χ0n) is 16.6. The fourth-order valence-corrected chi connectivity index (χ4v) is 3.84. The minimum Gasteiger partial charge on any atom is -0.384 e. The molecule has 1 aliphatic rings. The molecule has 1 fully saturated rings. The molecule has 1 saturated heterocycles. The summed E-state index contributed by atoms with van der Waals surface area (Å²) < 4.78 is 31.7. The molecule has 7 heteroatoms. The molecule has 1 aromatic carbocycles. The van der Waals surface area contributed by atoms with Crippen LogP contribution in [0.15, 0.2) is 42.6 Å². The SMILES string of the molecule is COCCC(=O)N[C@@H](c1ccccn1)[C@@H]1CCCN(Cc2ccc(F)c(F)c2)C1. The predicted octanol–water partition coefficient (Wildman–Crippen LogP) is 3.47. The number of amides is 1. The fraction of sp³-hybridized carbons (Fsp3) is 0.455. The molecular formula is C22H27F2N3O2. The molecule has 156 valence electrons. The number of hydrogen-bond donors (Lipinski definition) is 1. The molecule has 1 amide bonds. The Labute approximate surface area is 170 Å². The van der Waals surface area contributed by atoms with Crippen molar-refractivity contribution in [1.29, 1.82) is 0 Å². The van der Waals surface area contributed by atoms with Crippen LogP contribution in [0, 0.1) is 17.6 Å². The molecule has 0 bridgehead atoms. The molecule has 2 heterocycles. The number of pyridine rings is 1. The van der Waals surface area contributed by atoms with Crippen molar-refractivity contribution in [3.63, 3.8) is 0 Å². The second kappa shape index (κ2) is 10.4. The molecule has 1 N–H and O–H groups in total. The van der Waals surface area contributed by atoms with Gasteiger partial charge >= 0.3 is 0 Å². The Morgan fingerprint density at radius 1 is 1.31 bits per heavy atom. The third-order valence-corrected chi connectivity index (χ3v) is 5.26. The molecule has 0 spiro atoms. The van der Waals surface area contributed by atoms with E-state index in [4.69, 9.17) is 4.74 Å². The first-order chi connectivity index (χ1) is 14.1. The Hall–Kier alpha value is -2.38. The lowest BCUT2D eigenvalue weighted by Crippen LogP contribution is -2.43. The number of nitrogens with one attached hydrogen (secondary N) is 1. The number of methoxy groups -OCH3 is 1. The van der Waals surface area contributed by atoms with E-state index < -0.39 is 11.6 Å². The number of likely N-dealkylation sites (tertiary alicyclic amines) is 1. The number of carbonyl (C=O) groups is 1. The first-order valence-corrected chi connectivity index (χ1v) is 9.92. The van der Waals surface area contributed by atoms with Crippen molar-refractivity contribution in [3.05, 3.63) is 65.5 Å². The van der Waals surface area contributed by atoms with Crippen molar-refractivity contribution in [3.8, 4) is 0 Å². The number of hydrogen-bond acceptors (Lipinski definition) is 4. The van der Waals surface area contributed by atoms with Gasteiger partial charge in [-0.2, -0.15) is 0 Å². The van der Waals surface area contributed by atoms with Gasteiger partial charge in [0.05, 0.1) is 18.3 Å². The van der Waals surface area contributed by atoms with Crippen LogP contribution in [0.1, 0.15) is 36.6 Å². The summed E-state index contributed by atoms with van der Waals surface area (Å²) in [5.74, 6) is -1.55. The summed E-state index contributed by atoms with van der Waals surface area (Å²) in [6.07, 6.45) is 3.95. The second-order valence-corrected chi connectivity index (χ2v) is 7.43. The molecular weight excluding hydrogens is 376 g/mol. The highest BCUT2D eigenvalue weighted by Gasteiger charge is 2.30. The number of halogens is 2. The number of benzene rings is 1. The van der Waals surface area contributed by atoms with Crippen molar-refractivity contribution in [1.82, 2.24) is 15.2 Å². The standard InChI is InChI=1S/C22H27F2N3O2/c1-29-12-9-21(28)26-22(20-6-2-3-10-25-20)17-5-4-11-27(15-17)14-16-7-8-18(23)19(24)13-16/h2-3,6-8,10,13,17,22H,4-5,9,11-12,14-15H2,1H3,(H,26,28)/t17-,22-/m1/s1. The lowest BCUT2D eigenvalue weighted by Gasteiger charge is -2.37. The highest BCUT2D eigenvalue weighted by molar-refractivity contribution is 5.76. The van der Waals surface area contributed by atoms with E-state index in [2.05, 4.69) is 15.2 Å². The first-order valence-electron chi connectivity index (χ1n) is 9.92. The van der Waals surface area contributed by atoms with Crippen LogP contribution in [0.2, 0.25) is 0 Å². The molecule has 0 radical (unpaired) electrons. The zero-order chi connectivity index (χ0) is 20.6. The smallest absolute Gasteiger partial charge is 0.222 e. The van der Waals surface area contributed by atoms with Crippen LogP contribution >= 0.6 is 0 Å². The van der Waals surface area contributed by atoms with E-state index in [1.54, 1.807) is 19.4 Å². The number of aromatic nitrogens is 1. The average Bonchev–Trinajstić information content (AvgIpc) is 2.74. The van der Waals surface area contributed by atoms with Gasteiger partial charge in [0.2, 0.25) is 5.91 Å². The average molecular weight is 403 g/mol. The van der Waals surface area contributed by atoms with Crippen LogP contribution in [0.25, 0.3) is 0 Å². The summed E-state index contributed by atoms with van der Waals surface area (Å²) in [5, 5.41) is 3.12. The maximum absolute atomic E-state index is 13.5. The third-order valence-electron chi connectivity index (χ3n) is 5.26. The Bertz CT molecular complexity index is 804. The normalized spacial score (nSPS) is 18.4. The Morgan fingerprint density at radius 2 is 2.17 bits per heavy atom. The van der Waals surface area contributed by atoms with Gasteiger partial charge in [0.1, 0.15) is 0 Å². The van der Waals surface area contributed by atoms with E-state index in [0.717, 1.165) is 37.2 Å². The Morgan fingerprint density at radius 3 is 2.90 bits per heavy atom. The predicted molar refractivity (Wildman–Crippen MR) is 106 cm³/mol. The molecule has 3 rings (SSSR count). The van der Waals surface area contributed by atoms with E-state index >= 15 is 0 Å². The van der Waals surface area contributed by atoms with Crippen LogP contribution in [-0.2, 0) is 16.1 Å². The number of nitrogens with zero attached hydrogens (tertiary/aromatic N) is 2. The number of ether oxygens (including phenoxy) is 1. The van der Waals surface area contributed by atoms with E-state index in [-0.39, 0.29) is 17.9 Å². The molecule has 0 aliphatic carbocycles. The summed E-state index contributed by atoms with van der Waals surface area (Å²) in [6, 6.07) is 9.52. The van der Waals surface area contributed by atoms with Gasteiger partial charge in [0.15, 0.2) is 11.6 Å². The Kier molecular flexibility index (Phi) is 7.66. The third kappa shape index (κ3) is 6.05. The summed E-state index contributed by atoms with van der Waals surface area (Å²) >= 11 is 0. The highest BCUT2D eigenvalue weighted by Crippen LogP contribution is 2.30. The van der Waals surface area contributed by atoms with E-state index in [1.165, 1.54) is 12.1 Å². The maximum Gasteiger partial charge on any atom is 0.222 e. The van der Waals surface area contributed by atoms with Crippen molar-refractivity contribution >= 4 is 5.91 Å². The number of rotatable bonds is 8. The van der Waals surface area contributed by atoms with Crippen molar-refractivity contribution in [2.45, 2.75) is 31.8 Å². The molecule has 0 unspecified atom stereocenters. The van der Waals surface area contributed by atoms with Gasteiger partial charge < -0.3 is 10.1 Å². The first kappa shape index (κ1) is 21.3. The topological polar surface area (TPSA) is 54.5 Å². The van der Waals surface area contributed by atoms with Gasteiger partial charge in [-0.3, -0.25) is 14.7 Å². The van der Waals surface area contributed by atoms with Gasteiger partial charge in [-0.1, -0.05) is 12.1 Å². The van der Waals surface area contributed by atoms with Crippen LogP contribution < -0.4 is 5.32 Å². The van der Waals surface area contributed by atoms with Crippen molar-refractivity contribution < 1.29 is 18.3 Å². The maximum atomic E-state index is 13.5. The minimum absolute atomic E-state index is 0.0692. The number of carbonyl (C=O) groups excluding carboxylic acids is 1. The van der Waals surface area contributed by atoms with Gasteiger partial charge in [-0.25, -0.2) is 8.78 Å². The van der Waals surface area contributed by atoms with E-state index in [1.807, 2.05) is 18.2 Å². The quantitative estimate of drug-likeness (QED) is 0.733. The molecule has 2 atom stereocenters. The largest absolute Gasteiger partial charge is 0.384 e. The molecule has 1 aromatic heterocycles. The molecule has 0 saturated carbocycles. The molecule has 2 aromatic rings. The van der Waals surface area contributed by atoms with Gasteiger partial charge in [0, 0.05) is 32.8 Å². The van der Waals surface area contributed by atoms with E-state index in [0.29, 0.717) is 19.6 Å².